The van der Waals surface area contributed by atoms with E-state index in [0.717, 1.165) is 33.6 Å². The van der Waals surface area contributed by atoms with Gasteiger partial charge in [0, 0.05) is 38.1 Å². The minimum absolute atomic E-state index is 0.0353. The smallest absolute Gasteiger partial charge is 0.480 e. The fourth-order valence-electron chi connectivity index (χ4n) is 9.86. The molecule has 12 N–H and O–H groups in total. The Morgan fingerprint density at radius 3 is 1.81 bits per heavy atom. The number of fused-ring (bicyclic) bond motifs is 3. The van der Waals surface area contributed by atoms with Gasteiger partial charge in [-0.15, -0.1) is 0 Å². The number of carboxylic acids is 1. The Labute approximate surface area is 450 Å². The molecule has 0 spiro atoms. The van der Waals surface area contributed by atoms with Gasteiger partial charge in [0.25, 0.3) is 0 Å². The van der Waals surface area contributed by atoms with E-state index in [1.54, 1.807) is 13.8 Å². The van der Waals surface area contributed by atoms with E-state index in [0.29, 0.717) is 25.7 Å². The minimum Gasteiger partial charge on any atom is -0.480 e. The molecule has 3 aliphatic rings. The third-order valence-electron chi connectivity index (χ3n) is 13.9. The monoisotopic (exact) mass is 1090 g/mol. The summed E-state index contributed by atoms with van der Waals surface area (Å²) in [5.41, 5.74) is 9.30. The maximum absolute atomic E-state index is 14.1. The lowest BCUT2D eigenvalue weighted by molar-refractivity contribution is -0.143. The van der Waals surface area contributed by atoms with Crippen LogP contribution in [0.2, 0.25) is 0 Å². The summed E-state index contributed by atoms with van der Waals surface area (Å²) in [6.45, 7) is 2.44. The van der Waals surface area contributed by atoms with Gasteiger partial charge < -0.3 is 72.4 Å². The summed E-state index contributed by atoms with van der Waals surface area (Å²) in [6.07, 6.45) is -0.999. The van der Waals surface area contributed by atoms with Gasteiger partial charge in [-0.05, 0) is 73.1 Å². The van der Waals surface area contributed by atoms with Gasteiger partial charge in [-0.3, -0.25) is 43.2 Å². The molecule has 25 nitrogen and oxygen atoms in total. The molecule has 5 rings (SSSR count). The van der Waals surface area contributed by atoms with Crippen molar-refractivity contribution in [1.29, 1.82) is 0 Å². The number of hydrogen-bond acceptors (Lipinski definition) is 16. The first-order chi connectivity index (χ1) is 37.1. The van der Waals surface area contributed by atoms with Crippen molar-refractivity contribution < 1.29 is 82.6 Å². The number of esters is 1. The molecular weight excluding hydrogens is 1020 g/mol. The first kappa shape index (κ1) is 61.3. The fourth-order valence-corrected chi connectivity index (χ4v) is 9.86. The van der Waals surface area contributed by atoms with Gasteiger partial charge >= 0.3 is 18.1 Å². The number of hydrogen-bond donors (Lipinski definition) is 11. The van der Waals surface area contributed by atoms with Gasteiger partial charge in [0.05, 0.1) is 19.3 Å². The van der Waals surface area contributed by atoms with E-state index in [2.05, 4.69) is 31.9 Å². The number of nitrogens with one attached hydrogen (secondary N) is 6. The second kappa shape index (κ2) is 29.3. The van der Waals surface area contributed by atoms with Gasteiger partial charge in [-0.25, -0.2) is 9.59 Å². The highest BCUT2D eigenvalue weighted by molar-refractivity contribution is 5.98. The first-order valence-electron chi connectivity index (χ1n) is 26.2. The third kappa shape index (κ3) is 17.2. The Balaban J connectivity index is 1.13. The number of primary amides is 1. The standard InChI is InChI=1S/C53H72N8O17/c1-28(2)22-38(52(74)75)57-48(70)39(25-62)59-47(69)37(20-21-42(54)65)56-51(73)45(30-12-5-4-6-13-30)60-49(71)40(26-63)58-46(68)29(3)55-50(72)41-23-31(64)24-61(41)43(66)18-11-19-44(67)78-53(76)77-27-36-34-16-9-7-14-32(34)33-15-8-10-17-35(33)36/h7-10,14-17,28-31,36-41,45,62-64H,4-6,11-13,18-27H2,1-3H3,(H2,54,65)(H,55,72)(H,56,73)(H,57,70)(H,58,68)(H,59,69)(H,60,71)(H,74,75)/t29-,31+,37-,38-,39-,40-,41-,45-/m0/s1. The molecule has 0 unspecified atom stereocenters. The predicted molar refractivity (Wildman–Crippen MR) is 275 cm³/mol. The zero-order valence-corrected chi connectivity index (χ0v) is 43.9. The topological polar surface area (TPSA) is 389 Å². The van der Waals surface area contributed by atoms with E-state index in [-0.39, 0.29) is 57.1 Å². The number of aliphatic hydroxyl groups is 3. The number of likely N-dealkylation sites (tertiary alicyclic amines) is 1. The number of carbonyl (C=O) groups is 11. The highest BCUT2D eigenvalue weighted by Crippen LogP contribution is 2.44. The largest absolute Gasteiger partial charge is 0.516 e. The van der Waals surface area contributed by atoms with E-state index in [4.69, 9.17) is 15.2 Å². The second-order valence-corrected chi connectivity index (χ2v) is 20.3. The van der Waals surface area contributed by atoms with Crippen LogP contribution in [-0.4, -0.2) is 165 Å². The molecule has 426 valence electrons. The van der Waals surface area contributed by atoms with Crippen LogP contribution in [0.5, 0.6) is 0 Å². The lowest BCUT2D eigenvalue weighted by Crippen LogP contribution is -2.61. The first-order valence-corrected chi connectivity index (χ1v) is 26.2. The summed E-state index contributed by atoms with van der Waals surface area (Å²) in [4.78, 5) is 145. The quantitative estimate of drug-likeness (QED) is 0.0397. The average Bonchev–Trinajstić information content (AvgIpc) is 4.00. The van der Waals surface area contributed by atoms with Crippen LogP contribution in [0.4, 0.5) is 4.79 Å². The van der Waals surface area contributed by atoms with Crippen molar-refractivity contribution in [3.05, 3.63) is 59.7 Å². The van der Waals surface area contributed by atoms with Crippen LogP contribution in [0.15, 0.2) is 48.5 Å². The number of ether oxygens (including phenoxy) is 2. The predicted octanol–water partition coefficient (Wildman–Crippen LogP) is -0.499. The Morgan fingerprint density at radius 2 is 1.23 bits per heavy atom. The van der Waals surface area contributed by atoms with Gasteiger partial charge in [0.15, 0.2) is 0 Å². The summed E-state index contributed by atoms with van der Waals surface area (Å²) in [7, 11) is 0. The molecule has 0 bridgehead atoms. The van der Waals surface area contributed by atoms with Gasteiger partial charge in [0.2, 0.25) is 47.3 Å². The molecule has 2 aromatic carbocycles. The van der Waals surface area contributed by atoms with Crippen molar-refractivity contribution in [1.82, 2.24) is 36.8 Å². The number of amides is 8. The van der Waals surface area contributed by atoms with Crippen LogP contribution >= 0.6 is 0 Å². The van der Waals surface area contributed by atoms with Crippen LogP contribution in [-0.2, 0) is 57.4 Å². The summed E-state index contributed by atoms with van der Waals surface area (Å²) in [5, 5.41) is 54.7. The number of β-amino-alcohol motifs (C(OH)–C–C–N with tert-alkyl or cyclic N) is 1. The SMILES string of the molecule is CC(C)C[C@H](NC(=O)[C@H](CO)NC(=O)[C@H](CCC(N)=O)NC(=O)[C@@H](NC(=O)[C@H](CO)NC(=O)[C@H](C)NC(=O)[C@@H]1C[C@@H](O)CN1C(=O)CCCC(=O)OC(=O)OCC1c2ccccc2-c2ccccc21)C1CCCCC1)C(=O)O. The zero-order valence-electron chi connectivity index (χ0n) is 43.9. The van der Waals surface area contributed by atoms with Crippen LogP contribution < -0.4 is 37.6 Å². The number of nitrogens with zero attached hydrogens (tertiary/aromatic N) is 1. The lowest BCUT2D eigenvalue weighted by Gasteiger charge is -2.32. The Hall–Kier alpha value is -7.51. The molecule has 25 heteroatoms. The summed E-state index contributed by atoms with van der Waals surface area (Å²) < 4.78 is 10.2. The van der Waals surface area contributed by atoms with Gasteiger partial charge in [-0.2, -0.15) is 0 Å². The summed E-state index contributed by atoms with van der Waals surface area (Å²) >= 11 is 0. The van der Waals surface area contributed by atoms with Crippen molar-refractivity contribution in [2.24, 2.45) is 17.6 Å². The molecule has 8 atom stereocenters. The van der Waals surface area contributed by atoms with Crippen molar-refractivity contribution in [2.75, 3.05) is 26.4 Å². The van der Waals surface area contributed by atoms with Gasteiger partial charge in [-0.1, -0.05) is 81.6 Å². The maximum atomic E-state index is 14.1. The van der Waals surface area contributed by atoms with Crippen molar-refractivity contribution >= 4 is 65.4 Å². The molecule has 0 radical (unpaired) electrons. The Kier molecular flexibility index (Phi) is 23.0. The molecule has 1 saturated heterocycles. The number of aliphatic hydroxyl groups excluding tert-OH is 3. The number of carboxylic acid groups (broad SMARTS) is 1. The van der Waals surface area contributed by atoms with E-state index in [1.807, 2.05) is 48.5 Å². The van der Waals surface area contributed by atoms with E-state index >= 15 is 0 Å². The molecule has 2 aliphatic carbocycles. The number of carbonyl (C=O) groups excluding carboxylic acids is 10. The van der Waals surface area contributed by atoms with Crippen LogP contribution in [0.3, 0.4) is 0 Å². The second-order valence-electron chi connectivity index (χ2n) is 20.3. The summed E-state index contributed by atoms with van der Waals surface area (Å²) in [6, 6.07) is 5.09. The highest BCUT2D eigenvalue weighted by atomic mass is 16.7. The van der Waals surface area contributed by atoms with Crippen molar-refractivity contribution in [3.63, 3.8) is 0 Å². The normalized spacial score (nSPS) is 18.3. The molecule has 2 aromatic rings. The number of rotatable bonds is 27. The Bertz CT molecular complexity index is 2470. The molecule has 1 saturated carbocycles. The zero-order chi connectivity index (χ0) is 57.2. The van der Waals surface area contributed by atoms with E-state index in [1.165, 1.54) is 6.92 Å². The molecule has 78 heavy (non-hydrogen) atoms. The van der Waals surface area contributed by atoms with Crippen LogP contribution in [0.25, 0.3) is 11.1 Å². The Morgan fingerprint density at radius 1 is 0.679 bits per heavy atom. The molecule has 8 amide bonds. The molecular formula is C53H72N8O17. The summed E-state index contributed by atoms with van der Waals surface area (Å²) in [5.74, 6) is -10.5. The molecule has 1 aliphatic heterocycles. The molecule has 0 aromatic heterocycles. The number of aliphatic carboxylic acids is 1. The molecule has 1 heterocycles. The maximum Gasteiger partial charge on any atom is 0.516 e. The lowest BCUT2D eigenvalue weighted by atomic mass is 9.83. The van der Waals surface area contributed by atoms with Crippen molar-refractivity contribution in [2.45, 2.75) is 152 Å². The molecule has 2 fully saturated rings. The number of benzene rings is 2. The van der Waals surface area contributed by atoms with E-state index < -0.39 is 146 Å². The van der Waals surface area contributed by atoms with Crippen LogP contribution in [0.1, 0.15) is 115 Å². The van der Waals surface area contributed by atoms with Crippen molar-refractivity contribution in [3.8, 4) is 11.1 Å². The fraction of sp³-hybridized carbons (Fsp3) is 0.566. The van der Waals surface area contributed by atoms with Gasteiger partial charge in [0.1, 0.15) is 48.9 Å². The van der Waals surface area contributed by atoms with E-state index in [9.17, 15) is 73.2 Å². The average molecular weight is 1090 g/mol. The minimum atomic E-state index is -1.69. The van der Waals surface area contributed by atoms with Crippen LogP contribution in [0, 0.1) is 11.8 Å². The highest BCUT2D eigenvalue weighted by Gasteiger charge is 2.41. The number of nitrogens with two attached hydrogens (primary N) is 1. The third-order valence-corrected chi connectivity index (χ3v) is 13.9.